The predicted octanol–water partition coefficient (Wildman–Crippen LogP) is 3.54. The summed E-state index contributed by atoms with van der Waals surface area (Å²) in [6.45, 7) is 0. The smallest absolute Gasteiger partial charge is 0.181 e. The molecule has 0 radical (unpaired) electrons. The van der Waals surface area contributed by atoms with Gasteiger partial charge in [-0.15, -0.1) is 0 Å². The molecule has 1 aromatic carbocycles. The summed E-state index contributed by atoms with van der Waals surface area (Å²) in [5.74, 6) is 0. The Morgan fingerprint density at radius 2 is 1.67 bits per heavy atom. The monoisotopic (exact) mass is 220 g/mol. The Labute approximate surface area is 84.6 Å². The third-order valence-corrected chi connectivity index (χ3v) is 2.00. The molecule has 0 atom stereocenters. The number of nitriles is 1. The van der Waals surface area contributed by atoms with E-state index in [0.717, 1.165) is 0 Å². The van der Waals surface area contributed by atoms with E-state index >= 15 is 0 Å². The molecule has 0 spiro atoms. The largest absolute Gasteiger partial charge is 0.290 e. The van der Waals surface area contributed by atoms with Crippen LogP contribution in [0.25, 0.3) is 0 Å². The van der Waals surface area contributed by atoms with Gasteiger partial charge < -0.3 is 0 Å². The van der Waals surface area contributed by atoms with Crippen molar-refractivity contribution in [2.75, 3.05) is 5.32 Å². The van der Waals surface area contributed by atoms with E-state index in [-0.39, 0.29) is 0 Å². The van der Waals surface area contributed by atoms with Crippen LogP contribution >= 0.6 is 34.8 Å². The highest BCUT2D eigenvalue weighted by atomic mass is 35.5. The molecule has 0 amide bonds. The van der Waals surface area contributed by atoms with Gasteiger partial charge in [-0.2, -0.15) is 5.26 Å². The first-order chi connectivity index (χ1) is 5.65. The van der Waals surface area contributed by atoms with Gasteiger partial charge >= 0.3 is 0 Å². The zero-order chi connectivity index (χ0) is 9.14. The Morgan fingerprint density at radius 3 is 2.08 bits per heavy atom. The minimum absolute atomic E-state index is 0.328. The average Bonchev–Trinajstić information content (AvgIpc) is 1.96. The van der Waals surface area contributed by atoms with Crippen molar-refractivity contribution in [2.45, 2.75) is 0 Å². The number of rotatable bonds is 1. The summed E-state index contributed by atoms with van der Waals surface area (Å²) >= 11 is 17.1. The maximum absolute atomic E-state index is 8.33. The minimum atomic E-state index is 0.328. The molecule has 2 nitrogen and oxygen atoms in total. The molecule has 0 heterocycles. The number of nitrogens with one attached hydrogen (secondary N) is 1. The number of benzene rings is 1. The maximum Gasteiger partial charge on any atom is 0.181 e. The van der Waals surface area contributed by atoms with Gasteiger partial charge in [0.2, 0.25) is 0 Å². The van der Waals surface area contributed by atoms with Gasteiger partial charge in [-0.05, 0) is 12.1 Å². The summed E-state index contributed by atoms with van der Waals surface area (Å²) in [6.07, 6.45) is 1.72. The second kappa shape index (κ2) is 3.86. The van der Waals surface area contributed by atoms with E-state index in [1.54, 1.807) is 6.19 Å². The van der Waals surface area contributed by atoms with Crippen molar-refractivity contribution in [2.24, 2.45) is 0 Å². The molecule has 0 saturated carbocycles. The van der Waals surface area contributed by atoms with Gasteiger partial charge in [0.15, 0.2) is 6.19 Å². The number of hydrogen-bond acceptors (Lipinski definition) is 2. The molecule has 0 unspecified atom stereocenters. The summed E-state index contributed by atoms with van der Waals surface area (Å²) < 4.78 is 0. The molecular weight excluding hydrogens is 218 g/mol. The molecule has 62 valence electrons. The van der Waals surface area contributed by atoms with Crippen molar-refractivity contribution in [1.82, 2.24) is 0 Å². The first kappa shape index (κ1) is 9.47. The lowest BCUT2D eigenvalue weighted by molar-refractivity contribution is 1.47. The Morgan fingerprint density at radius 1 is 1.17 bits per heavy atom. The summed E-state index contributed by atoms with van der Waals surface area (Å²) in [6, 6.07) is 3.02. The van der Waals surface area contributed by atoms with Crippen LogP contribution in [-0.4, -0.2) is 0 Å². The van der Waals surface area contributed by atoms with E-state index in [4.69, 9.17) is 40.1 Å². The van der Waals surface area contributed by atoms with Crippen LogP contribution in [0.3, 0.4) is 0 Å². The number of nitrogens with zero attached hydrogens (tertiary/aromatic N) is 1. The highest BCUT2D eigenvalue weighted by Crippen LogP contribution is 2.33. The second-order valence-corrected chi connectivity index (χ2v) is 3.23. The average molecular weight is 221 g/mol. The molecule has 0 aliphatic carbocycles. The lowest BCUT2D eigenvalue weighted by Crippen LogP contribution is -1.89. The van der Waals surface area contributed by atoms with Crippen LogP contribution in [0.4, 0.5) is 5.69 Å². The first-order valence-corrected chi connectivity index (χ1v) is 4.08. The van der Waals surface area contributed by atoms with Gasteiger partial charge in [0.05, 0.1) is 15.7 Å². The van der Waals surface area contributed by atoms with Gasteiger partial charge in [0.1, 0.15) is 0 Å². The lowest BCUT2D eigenvalue weighted by atomic mass is 10.3. The van der Waals surface area contributed by atoms with Crippen LogP contribution in [0.5, 0.6) is 0 Å². The van der Waals surface area contributed by atoms with Crippen LogP contribution < -0.4 is 5.32 Å². The summed E-state index contributed by atoms with van der Waals surface area (Å²) in [4.78, 5) is 0. The fourth-order valence-electron chi connectivity index (χ4n) is 0.718. The van der Waals surface area contributed by atoms with E-state index in [9.17, 15) is 0 Å². The predicted molar refractivity (Wildman–Crippen MR) is 50.7 cm³/mol. The van der Waals surface area contributed by atoms with Crippen LogP contribution in [-0.2, 0) is 0 Å². The topological polar surface area (TPSA) is 35.8 Å². The Hall–Kier alpha value is -0.620. The Bertz CT molecular complexity index is 320. The van der Waals surface area contributed by atoms with Crippen LogP contribution in [0.2, 0.25) is 15.1 Å². The van der Waals surface area contributed by atoms with Crippen molar-refractivity contribution in [3.05, 3.63) is 27.2 Å². The van der Waals surface area contributed by atoms with Crippen molar-refractivity contribution in [3.63, 3.8) is 0 Å². The van der Waals surface area contributed by atoms with Gasteiger partial charge in [0, 0.05) is 5.02 Å². The van der Waals surface area contributed by atoms with E-state index < -0.39 is 0 Å². The third kappa shape index (κ3) is 1.95. The molecule has 5 heteroatoms. The van der Waals surface area contributed by atoms with Crippen LogP contribution in [0, 0.1) is 11.5 Å². The summed E-state index contributed by atoms with van der Waals surface area (Å²) in [7, 11) is 0. The summed E-state index contributed by atoms with van der Waals surface area (Å²) in [5.41, 5.74) is 0.380. The van der Waals surface area contributed by atoms with Gasteiger partial charge in [-0.3, -0.25) is 5.32 Å². The first-order valence-electron chi connectivity index (χ1n) is 2.95. The van der Waals surface area contributed by atoms with Crippen molar-refractivity contribution < 1.29 is 0 Å². The molecule has 1 rings (SSSR count). The Kier molecular flexibility index (Phi) is 3.05. The number of anilines is 1. The maximum atomic E-state index is 8.33. The van der Waals surface area contributed by atoms with E-state index in [0.29, 0.717) is 20.8 Å². The molecule has 0 fully saturated rings. The van der Waals surface area contributed by atoms with E-state index in [1.165, 1.54) is 12.1 Å². The number of hydrogen-bond donors (Lipinski definition) is 1. The highest BCUT2D eigenvalue weighted by molar-refractivity contribution is 6.41. The SMILES string of the molecule is N#CNc1c(Cl)cc(Cl)cc1Cl. The van der Waals surface area contributed by atoms with E-state index in [2.05, 4.69) is 5.32 Å². The van der Waals surface area contributed by atoms with Gasteiger partial charge in [-0.25, -0.2) is 0 Å². The standard InChI is InChI=1S/C7H3Cl3N2/c8-4-1-5(9)7(12-3-11)6(10)2-4/h1-2,12H. The van der Waals surface area contributed by atoms with Crippen molar-refractivity contribution in [3.8, 4) is 6.19 Å². The van der Waals surface area contributed by atoms with Gasteiger partial charge in [-0.1, -0.05) is 34.8 Å². The van der Waals surface area contributed by atoms with Crippen molar-refractivity contribution in [1.29, 1.82) is 5.26 Å². The van der Waals surface area contributed by atoms with E-state index in [1.807, 2.05) is 0 Å². The minimum Gasteiger partial charge on any atom is -0.290 e. The molecule has 0 bridgehead atoms. The Balaban J connectivity index is 3.21. The van der Waals surface area contributed by atoms with Crippen LogP contribution in [0.15, 0.2) is 12.1 Å². The molecule has 1 N–H and O–H groups in total. The summed E-state index contributed by atoms with van der Waals surface area (Å²) in [5, 5.41) is 11.8. The zero-order valence-corrected chi connectivity index (χ0v) is 8.00. The van der Waals surface area contributed by atoms with Crippen LogP contribution in [0.1, 0.15) is 0 Å². The molecule has 1 aromatic rings. The molecular formula is C7H3Cl3N2. The fourth-order valence-corrected chi connectivity index (χ4v) is 1.63. The second-order valence-electron chi connectivity index (χ2n) is 1.98. The highest BCUT2D eigenvalue weighted by Gasteiger charge is 2.05. The fraction of sp³-hybridized carbons (Fsp3) is 0. The lowest BCUT2D eigenvalue weighted by Gasteiger charge is -2.03. The molecule has 0 aliphatic heterocycles. The third-order valence-electron chi connectivity index (χ3n) is 1.19. The normalized spacial score (nSPS) is 9.17. The zero-order valence-electron chi connectivity index (χ0n) is 5.74. The molecule has 12 heavy (non-hydrogen) atoms. The molecule has 0 aromatic heterocycles. The van der Waals surface area contributed by atoms with Gasteiger partial charge in [0.25, 0.3) is 0 Å². The number of halogens is 3. The molecule has 0 aliphatic rings. The van der Waals surface area contributed by atoms with Crippen molar-refractivity contribution >= 4 is 40.5 Å². The quantitative estimate of drug-likeness (QED) is 0.581. The molecule has 0 saturated heterocycles.